The predicted octanol–water partition coefficient (Wildman–Crippen LogP) is 1.56. The summed E-state index contributed by atoms with van der Waals surface area (Å²) in [6.45, 7) is 5.02. The average Bonchev–Trinajstić information content (AvgIpc) is 2.55. The molecule has 1 aliphatic carbocycles. The molecule has 0 amide bonds. The van der Waals surface area contributed by atoms with Crippen LogP contribution in [0, 0.1) is 0 Å². The summed E-state index contributed by atoms with van der Waals surface area (Å²) in [5.41, 5.74) is -0.492. The molecule has 2 atom stereocenters. The number of methoxy groups -OCH3 is 1. The van der Waals surface area contributed by atoms with Crippen molar-refractivity contribution >= 4 is 5.97 Å². The van der Waals surface area contributed by atoms with Gasteiger partial charge in [-0.3, -0.25) is 4.79 Å². The topological polar surface area (TPSA) is 50.8 Å². The largest absolute Gasteiger partial charge is 0.468 e. The lowest BCUT2D eigenvalue weighted by molar-refractivity contribution is -0.151. The van der Waals surface area contributed by atoms with Crippen molar-refractivity contribution in [3.05, 3.63) is 0 Å². The molecule has 122 valence electrons. The van der Waals surface area contributed by atoms with E-state index < -0.39 is 5.54 Å². The SMILES string of the molecule is CCOC1CCN(C2CCCC(NC)(C(=O)OC)C2)CC1. The third kappa shape index (κ3) is 3.76. The molecule has 21 heavy (non-hydrogen) atoms. The zero-order valence-electron chi connectivity index (χ0n) is 13.7. The summed E-state index contributed by atoms with van der Waals surface area (Å²) >= 11 is 0. The second-order valence-corrected chi connectivity index (χ2v) is 6.26. The number of ether oxygens (including phenoxy) is 2. The molecule has 1 N–H and O–H groups in total. The van der Waals surface area contributed by atoms with Gasteiger partial charge in [-0.05, 0) is 52.5 Å². The number of rotatable bonds is 5. The first-order valence-corrected chi connectivity index (χ1v) is 8.28. The maximum absolute atomic E-state index is 12.2. The highest BCUT2D eigenvalue weighted by Gasteiger charge is 2.44. The number of esters is 1. The molecule has 2 unspecified atom stereocenters. The van der Waals surface area contributed by atoms with Crippen molar-refractivity contribution in [2.75, 3.05) is 33.9 Å². The zero-order chi connectivity index (χ0) is 15.3. The van der Waals surface area contributed by atoms with E-state index in [9.17, 15) is 4.79 Å². The third-order valence-corrected chi connectivity index (χ3v) is 5.18. The van der Waals surface area contributed by atoms with Crippen LogP contribution in [-0.2, 0) is 14.3 Å². The summed E-state index contributed by atoms with van der Waals surface area (Å²) in [5.74, 6) is -0.112. The van der Waals surface area contributed by atoms with Gasteiger partial charge in [0.05, 0.1) is 13.2 Å². The number of hydrogen-bond donors (Lipinski definition) is 1. The number of likely N-dealkylation sites (tertiary alicyclic amines) is 1. The Morgan fingerprint density at radius 3 is 2.62 bits per heavy atom. The third-order valence-electron chi connectivity index (χ3n) is 5.18. The second-order valence-electron chi connectivity index (χ2n) is 6.26. The van der Waals surface area contributed by atoms with Gasteiger partial charge in [-0.25, -0.2) is 0 Å². The Hall–Kier alpha value is -0.650. The summed E-state index contributed by atoms with van der Waals surface area (Å²) in [4.78, 5) is 14.7. The molecule has 2 fully saturated rings. The molecule has 0 bridgehead atoms. The van der Waals surface area contributed by atoms with Gasteiger partial charge in [0.25, 0.3) is 0 Å². The maximum atomic E-state index is 12.2. The number of hydrogen-bond acceptors (Lipinski definition) is 5. The summed E-state index contributed by atoms with van der Waals surface area (Å²) in [6.07, 6.45) is 6.62. The van der Waals surface area contributed by atoms with Gasteiger partial charge < -0.3 is 19.7 Å². The van der Waals surface area contributed by atoms with Crippen LogP contribution < -0.4 is 5.32 Å². The fourth-order valence-corrected chi connectivity index (χ4v) is 3.91. The van der Waals surface area contributed by atoms with Crippen LogP contribution in [0.5, 0.6) is 0 Å². The van der Waals surface area contributed by atoms with Crippen LogP contribution in [0.25, 0.3) is 0 Å². The van der Waals surface area contributed by atoms with Gasteiger partial charge in [-0.2, -0.15) is 0 Å². The Labute approximate surface area is 128 Å². The number of nitrogens with one attached hydrogen (secondary N) is 1. The molecule has 1 saturated heterocycles. The molecule has 5 heteroatoms. The lowest BCUT2D eigenvalue weighted by Crippen LogP contribution is -2.58. The summed E-state index contributed by atoms with van der Waals surface area (Å²) in [5, 5.41) is 3.24. The van der Waals surface area contributed by atoms with Crippen molar-refractivity contribution in [2.45, 2.75) is 63.1 Å². The van der Waals surface area contributed by atoms with Crippen LogP contribution in [0.2, 0.25) is 0 Å². The van der Waals surface area contributed by atoms with E-state index in [-0.39, 0.29) is 5.97 Å². The van der Waals surface area contributed by atoms with Gasteiger partial charge in [0, 0.05) is 25.7 Å². The Kier molecular flexibility index (Phi) is 6.02. The van der Waals surface area contributed by atoms with Crippen molar-refractivity contribution in [3.63, 3.8) is 0 Å². The molecule has 0 aromatic carbocycles. The lowest BCUT2D eigenvalue weighted by atomic mass is 9.78. The molecule has 2 rings (SSSR count). The average molecular weight is 298 g/mol. The second kappa shape index (κ2) is 7.56. The molecular formula is C16H30N2O3. The van der Waals surface area contributed by atoms with Crippen LogP contribution >= 0.6 is 0 Å². The zero-order valence-corrected chi connectivity index (χ0v) is 13.7. The molecule has 0 aromatic rings. The van der Waals surface area contributed by atoms with Crippen molar-refractivity contribution < 1.29 is 14.3 Å². The monoisotopic (exact) mass is 298 g/mol. The van der Waals surface area contributed by atoms with Crippen molar-refractivity contribution in [2.24, 2.45) is 0 Å². The van der Waals surface area contributed by atoms with Gasteiger partial charge in [-0.15, -0.1) is 0 Å². The number of carbonyl (C=O) groups excluding carboxylic acids is 1. The number of carbonyl (C=O) groups is 1. The minimum Gasteiger partial charge on any atom is -0.468 e. The number of likely N-dealkylation sites (N-methyl/N-ethyl adjacent to an activating group) is 1. The van der Waals surface area contributed by atoms with Gasteiger partial charge >= 0.3 is 5.97 Å². The van der Waals surface area contributed by atoms with E-state index in [1.165, 1.54) is 13.5 Å². The molecule has 1 aliphatic heterocycles. The van der Waals surface area contributed by atoms with Gasteiger partial charge in [0.2, 0.25) is 0 Å². The van der Waals surface area contributed by atoms with E-state index in [1.807, 2.05) is 7.05 Å². The molecule has 0 radical (unpaired) electrons. The van der Waals surface area contributed by atoms with Crippen LogP contribution in [0.1, 0.15) is 45.4 Å². The predicted molar refractivity (Wildman–Crippen MR) is 82.3 cm³/mol. The Morgan fingerprint density at radius 1 is 1.33 bits per heavy atom. The van der Waals surface area contributed by atoms with E-state index >= 15 is 0 Å². The van der Waals surface area contributed by atoms with E-state index in [1.54, 1.807) is 0 Å². The van der Waals surface area contributed by atoms with Crippen LogP contribution in [0.15, 0.2) is 0 Å². The highest BCUT2D eigenvalue weighted by Crippen LogP contribution is 2.33. The minimum absolute atomic E-state index is 0.112. The van der Waals surface area contributed by atoms with Crippen LogP contribution in [0.3, 0.4) is 0 Å². The first kappa shape index (κ1) is 16.7. The highest BCUT2D eigenvalue weighted by molar-refractivity contribution is 5.81. The fourth-order valence-electron chi connectivity index (χ4n) is 3.91. The normalized spacial score (nSPS) is 32.0. The Morgan fingerprint density at radius 2 is 2.05 bits per heavy atom. The molecule has 0 spiro atoms. The summed E-state index contributed by atoms with van der Waals surface area (Å²) < 4.78 is 10.8. The van der Waals surface area contributed by atoms with Gasteiger partial charge in [0.15, 0.2) is 0 Å². The Bertz CT molecular complexity index is 342. The lowest BCUT2D eigenvalue weighted by Gasteiger charge is -2.45. The molecule has 1 saturated carbocycles. The van der Waals surface area contributed by atoms with E-state index in [0.29, 0.717) is 12.1 Å². The smallest absolute Gasteiger partial charge is 0.326 e. The first-order chi connectivity index (χ1) is 10.1. The summed E-state index contributed by atoms with van der Waals surface area (Å²) in [7, 11) is 3.36. The molecule has 0 aromatic heterocycles. The van der Waals surface area contributed by atoms with Crippen LogP contribution in [0.4, 0.5) is 0 Å². The number of piperidine rings is 1. The Balaban J connectivity index is 1.94. The molecular weight excluding hydrogens is 268 g/mol. The molecule has 1 heterocycles. The first-order valence-electron chi connectivity index (χ1n) is 8.28. The van der Waals surface area contributed by atoms with Gasteiger partial charge in [-0.1, -0.05) is 0 Å². The molecule has 2 aliphatic rings. The highest BCUT2D eigenvalue weighted by atomic mass is 16.5. The standard InChI is InChI=1S/C16H30N2O3/c1-4-21-14-7-10-18(11-8-14)13-6-5-9-16(12-13,17-2)15(19)20-3/h13-14,17H,4-12H2,1-3H3. The van der Waals surface area contributed by atoms with Crippen LogP contribution in [-0.4, -0.2) is 62.4 Å². The fraction of sp³-hybridized carbons (Fsp3) is 0.938. The quantitative estimate of drug-likeness (QED) is 0.781. The van der Waals surface area contributed by atoms with Gasteiger partial charge in [0.1, 0.15) is 5.54 Å². The van der Waals surface area contributed by atoms with E-state index in [2.05, 4.69) is 17.1 Å². The summed E-state index contributed by atoms with van der Waals surface area (Å²) in [6, 6.07) is 0.480. The van der Waals surface area contributed by atoms with E-state index in [0.717, 1.165) is 51.8 Å². The van der Waals surface area contributed by atoms with Crippen molar-refractivity contribution in [1.82, 2.24) is 10.2 Å². The van der Waals surface area contributed by atoms with Crippen molar-refractivity contribution in [1.29, 1.82) is 0 Å². The van der Waals surface area contributed by atoms with E-state index in [4.69, 9.17) is 9.47 Å². The maximum Gasteiger partial charge on any atom is 0.326 e. The number of nitrogens with zero attached hydrogens (tertiary/aromatic N) is 1. The minimum atomic E-state index is -0.492. The molecule has 5 nitrogen and oxygen atoms in total. The van der Waals surface area contributed by atoms with Crippen molar-refractivity contribution in [3.8, 4) is 0 Å².